The second kappa shape index (κ2) is 8.96. The first kappa shape index (κ1) is 20.5. The highest BCUT2D eigenvalue weighted by atomic mass is 32.2. The minimum Gasteiger partial charge on any atom is -0.504 e. The number of methoxy groups -OCH3 is 1. The van der Waals surface area contributed by atoms with Crippen molar-refractivity contribution in [1.29, 1.82) is 0 Å². The number of hydrogen-bond acceptors (Lipinski definition) is 5. The minimum absolute atomic E-state index is 0.0342. The molecule has 1 aliphatic heterocycles. The molecule has 0 spiro atoms. The molecule has 156 valence electrons. The quantitative estimate of drug-likeness (QED) is 0.653. The largest absolute Gasteiger partial charge is 0.504 e. The molecule has 0 bridgehead atoms. The van der Waals surface area contributed by atoms with Gasteiger partial charge in [0.2, 0.25) is 0 Å². The number of rotatable bonds is 4. The lowest BCUT2D eigenvalue weighted by Crippen LogP contribution is -2.44. The first-order valence-corrected chi connectivity index (χ1v) is 11.1. The number of nitrogens with zero attached hydrogens (tertiary/aromatic N) is 2. The summed E-state index contributed by atoms with van der Waals surface area (Å²) < 4.78 is 5.20. The van der Waals surface area contributed by atoms with Gasteiger partial charge >= 0.3 is 0 Å². The average Bonchev–Trinajstić information content (AvgIpc) is 3.05. The van der Waals surface area contributed by atoms with Crippen molar-refractivity contribution in [3.05, 3.63) is 59.0 Å². The van der Waals surface area contributed by atoms with Crippen LogP contribution in [-0.2, 0) is 4.79 Å². The summed E-state index contributed by atoms with van der Waals surface area (Å²) in [5.74, 6) is 0.798. The van der Waals surface area contributed by atoms with Crippen LogP contribution in [0, 0.1) is 5.92 Å². The molecule has 0 unspecified atom stereocenters. The Morgan fingerprint density at radius 2 is 1.90 bits per heavy atom. The van der Waals surface area contributed by atoms with Gasteiger partial charge in [-0.3, -0.25) is 9.69 Å². The fourth-order valence-corrected chi connectivity index (χ4v) is 5.15. The summed E-state index contributed by atoms with van der Waals surface area (Å²) in [5.41, 5.74) is 1.38. The Kier molecular flexibility index (Phi) is 6.13. The summed E-state index contributed by atoms with van der Waals surface area (Å²) in [6.07, 6.45) is 6.17. The molecule has 1 aliphatic carbocycles. The third kappa shape index (κ3) is 4.10. The van der Waals surface area contributed by atoms with Gasteiger partial charge in [0.15, 0.2) is 16.7 Å². The lowest BCUT2D eigenvalue weighted by atomic mass is 9.85. The molecule has 0 aromatic heterocycles. The lowest BCUT2D eigenvalue weighted by Gasteiger charge is -2.35. The molecular formula is C24H26N2O3S. The Morgan fingerprint density at radius 3 is 2.63 bits per heavy atom. The van der Waals surface area contributed by atoms with Crippen LogP contribution < -0.4 is 4.74 Å². The zero-order valence-electron chi connectivity index (χ0n) is 17.2. The van der Waals surface area contributed by atoms with Crippen LogP contribution in [0.3, 0.4) is 0 Å². The molecule has 1 heterocycles. The molecule has 2 aromatic carbocycles. The van der Waals surface area contributed by atoms with E-state index in [1.54, 1.807) is 24.3 Å². The van der Waals surface area contributed by atoms with Gasteiger partial charge in [0, 0.05) is 11.6 Å². The third-order valence-corrected chi connectivity index (χ3v) is 6.74. The van der Waals surface area contributed by atoms with Gasteiger partial charge in [-0.2, -0.15) is 0 Å². The Bertz CT molecular complexity index is 987. The number of carbonyl (C=O) groups is 1. The Balaban J connectivity index is 1.74. The van der Waals surface area contributed by atoms with Gasteiger partial charge in [0.1, 0.15) is 0 Å². The molecule has 2 fully saturated rings. The number of hydrogen-bond donors (Lipinski definition) is 1. The maximum atomic E-state index is 13.5. The van der Waals surface area contributed by atoms with Crippen LogP contribution in [0.2, 0.25) is 0 Å². The number of aliphatic imine (C=N–C) groups is 1. The third-order valence-electron chi connectivity index (χ3n) is 5.75. The van der Waals surface area contributed by atoms with Crippen molar-refractivity contribution in [2.45, 2.75) is 38.6 Å². The van der Waals surface area contributed by atoms with E-state index in [-0.39, 0.29) is 17.7 Å². The van der Waals surface area contributed by atoms with E-state index in [4.69, 9.17) is 9.73 Å². The summed E-state index contributed by atoms with van der Waals surface area (Å²) in [4.78, 5) is 20.7. The predicted octanol–water partition coefficient (Wildman–Crippen LogP) is 5.58. The van der Waals surface area contributed by atoms with Crippen molar-refractivity contribution < 1.29 is 14.6 Å². The van der Waals surface area contributed by atoms with E-state index in [2.05, 4.69) is 6.92 Å². The van der Waals surface area contributed by atoms with E-state index in [9.17, 15) is 9.90 Å². The van der Waals surface area contributed by atoms with Crippen molar-refractivity contribution in [2.75, 3.05) is 7.11 Å². The van der Waals surface area contributed by atoms with Crippen LogP contribution in [0.5, 0.6) is 11.5 Å². The fourth-order valence-electron chi connectivity index (χ4n) is 4.11. The standard InChI is InChI=1S/C24H26N2O3S/c1-16-9-6-7-13-19(16)26-23(28)21(15-17-10-8-14-20(29-2)22(17)27)30-24(26)25-18-11-4-3-5-12-18/h3-5,8,10-12,14-16,19,27H,6-7,9,13H2,1-2H3/b21-15-,25-24?/t16-,19+/m1/s1. The summed E-state index contributed by atoms with van der Waals surface area (Å²) >= 11 is 1.37. The Labute approximate surface area is 181 Å². The summed E-state index contributed by atoms with van der Waals surface area (Å²) in [5, 5.41) is 11.2. The maximum Gasteiger partial charge on any atom is 0.267 e. The van der Waals surface area contributed by atoms with Crippen LogP contribution in [0.4, 0.5) is 5.69 Å². The maximum absolute atomic E-state index is 13.5. The predicted molar refractivity (Wildman–Crippen MR) is 122 cm³/mol. The van der Waals surface area contributed by atoms with Crippen molar-refractivity contribution in [3.8, 4) is 11.5 Å². The number of phenolic OH excluding ortho intramolecular Hbond substituents is 1. The first-order chi connectivity index (χ1) is 14.6. The van der Waals surface area contributed by atoms with E-state index >= 15 is 0 Å². The number of aromatic hydroxyl groups is 1. The molecule has 0 radical (unpaired) electrons. The van der Waals surface area contributed by atoms with Crippen molar-refractivity contribution in [2.24, 2.45) is 10.9 Å². The van der Waals surface area contributed by atoms with Gasteiger partial charge in [-0.05, 0) is 54.8 Å². The highest BCUT2D eigenvalue weighted by molar-refractivity contribution is 8.18. The number of thioether (sulfide) groups is 1. The molecule has 5 nitrogen and oxygen atoms in total. The molecule has 1 N–H and O–H groups in total. The van der Waals surface area contributed by atoms with Gasteiger partial charge < -0.3 is 9.84 Å². The van der Waals surface area contributed by atoms with Gasteiger partial charge in [-0.1, -0.05) is 50.1 Å². The molecule has 30 heavy (non-hydrogen) atoms. The Hall–Kier alpha value is -2.73. The molecule has 2 aliphatic rings. The average molecular weight is 423 g/mol. The normalized spacial score (nSPS) is 24.6. The van der Waals surface area contributed by atoms with Crippen LogP contribution >= 0.6 is 11.8 Å². The second-order valence-corrected chi connectivity index (χ2v) is 8.75. The van der Waals surface area contributed by atoms with Gasteiger partial charge in [-0.15, -0.1) is 0 Å². The zero-order chi connectivity index (χ0) is 21.1. The number of para-hydroxylation sites is 2. The molecule has 6 heteroatoms. The number of amides is 1. The van der Waals surface area contributed by atoms with Crippen LogP contribution in [0.1, 0.15) is 38.2 Å². The van der Waals surface area contributed by atoms with E-state index in [1.165, 1.54) is 25.3 Å². The SMILES string of the molecule is COc1cccc(/C=C2\SC(=Nc3ccccc3)N([C@H]3CCCC[C@H]3C)C2=O)c1O. The van der Waals surface area contributed by atoms with Crippen molar-refractivity contribution in [1.82, 2.24) is 4.90 Å². The Morgan fingerprint density at radius 1 is 1.13 bits per heavy atom. The zero-order valence-corrected chi connectivity index (χ0v) is 18.1. The van der Waals surface area contributed by atoms with Crippen molar-refractivity contribution in [3.63, 3.8) is 0 Å². The molecule has 1 amide bonds. The number of carbonyl (C=O) groups excluding carboxylic acids is 1. The van der Waals surface area contributed by atoms with E-state index < -0.39 is 0 Å². The number of ether oxygens (including phenoxy) is 1. The highest BCUT2D eigenvalue weighted by Crippen LogP contribution is 2.41. The molecule has 4 rings (SSSR count). The molecule has 2 atom stereocenters. The summed E-state index contributed by atoms with van der Waals surface area (Å²) in [7, 11) is 1.51. The van der Waals surface area contributed by atoms with Gasteiger partial charge in [0.25, 0.3) is 5.91 Å². The summed E-state index contributed by atoms with van der Waals surface area (Å²) in [6.45, 7) is 2.22. The number of phenols is 1. The molecule has 1 saturated carbocycles. The lowest BCUT2D eigenvalue weighted by molar-refractivity contribution is -0.124. The topological polar surface area (TPSA) is 62.1 Å². The van der Waals surface area contributed by atoms with Crippen LogP contribution in [0.15, 0.2) is 58.4 Å². The minimum atomic E-state index is -0.0457. The van der Waals surface area contributed by atoms with Crippen molar-refractivity contribution >= 4 is 34.6 Å². The van der Waals surface area contributed by atoms with E-state index in [0.29, 0.717) is 27.3 Å². The first-order valence-electron chi connectivity index (χ1n) is 10.3. The fraction of sp³-hybridized carbons (Fsp3) is 0.333. The van der Waals surface area contributed by atoms with Gasteiger partial charge in [0.05, 0.1) is 17.7 Å². The van der Waals surface area contributed by atoms with Gasteiger partial charge in [-0.25, -0.2) is 4.99 Å². The van der Waals surface area contributed by atoms with E-state index in [0.717, 1.165) is 24.9 Å². The second-order valence-electron chi connectivity index (χ2n) is 7.74. The number of amidine groups is 1. The van der Waals surface area contributed by atoms with E-state index in [1.807, 2.05) is 35.2 Å². The highest BCUT2D eigenvalue weighted by Gasteiger charge is 2.41. The molecule has 2 aromatic rings. The molecule has 1 saturated heterocycles. The summed E-state index contributed by atoms with van der Waals surface area (Å²) in [6, 6.07) is 15.1. The number of benzene rings is 2. The smallest absolute Gasteiger partial charge is 0.267 e. The molecular weight excluding hydrogens is 396 g/mol. The van der Waals surface area contributed by atoms with Crippen LogP contribution in [0.25, 0.3) is 6.08 Å². The van der Waals surface area contributed by atoms with Crippen LogP contribution in [-0.4, -0.2) is 34.2 Å². The monoisotopic (exact) mass is 422 g/mol.